The summed E-state index contributed by atoms with van der Waals surface area (Å²) in [5, 5.41) is 7.23. The number of rotatable bonds is 2. The lowest BCUT2D eigenvalue weighted by Crippen LogP contribution is -1.90. The molecule has 0 unspecified atom stereocenters. The minimum atomic E-state index is 0.601. The Morgan fingerprint density at radius 1 is 1.38 bits per heavy atom. The highest BCUT2D eigenvalue weighted by Gasteiger charge is 2.27. The van der Waals surface area contributed by atoms with E-state index < -0.39 is 0 Å². The van der Waals surface area contributed by atoms with Crippen molar-refractivity contribution in [1.29, 1.82) is 0 Å². The van der Waals surface area contributed by atoms with Crippen molar-refractivity contribution in [1.82, 2.24) is 15.2 Å². The maximum atomic E-state index is 5.87. The lowest BCUT2D eigenvalue weighted by atomic mass is 10.1. The van der Waals surface area contributed by atoms with E-state index in [1.165, 1.54) is 12.8 Å². The number of H-pyrrole nitrogens is 1. The van der Waals surface area contributed by atoms with Crippen LogP contribution in [0.25, 0.3) is 11.4 Å². The smallest absolute Gasteiger partial charge is 0.181 e. The van der Waals surface area contributed by atoms with E-state index in [1.54, 1.807) is 0 Å². The van der Waals surface area contributed by atoms with Gasteiger partial charge in [-0.25, -0.2) is 4.98 Å². The number of nitrogens with two attached hydrogens (primary N) is 1. The molecule has 1 aliphatic rings. The molecule has 3 rings (SSSR count). The normalized spacial score (nSPS) is 15.3. The first-order valence-electron chi connectivity index (χ1n) is 5.53. The summed E-state index contributed by atoms with van der Waals surface area (Å²) in [5.41, 5.74) is 8.72. The molecule has 4 heteroatoms. The van der Waals surface area contributed by atoms with Gasteiger partial charge in [0.1, 0.15) is 5.82 Å². The number of aryl methyl sites for hydroxylation is 1. The number of nitrogen functional groups attached to an aromatic ring is 1. The highest BCUT2D eigenvalue weighted by Crippen LogP contribution is 2.38. The van der Waals surface area contributed by atoms with Crippen LogP contribution in [0.5, 0.6) is 0 Å². The number of anilines is 1. The molecule has 2 aromatic rings. The van der Waals surface area contributed by atoms with Gasteiger partial charge < -0.3 is 5.73 Å². The molecule has 1 aliphatic carbocycles. The van der Waals surface area contributed by atoms with Crippen LogP contribution in [-0.4, -0.2) is 15.2 Å². The molecule has 16 heavy (non-hydrogen) atoms. The van der Waals surface area contributed by atoms with E-state index in [-0.39, 0.29) is 0 Å². The predicted octanol–water partition coefficient (Wildman–Crippen LogP) is 2.24. The molecule has 0 spiro atoms. The van der Waals surface area contributed by atoms with Gasteiger partial charge in [0.2, 0.25) is 0 Å². The minimum Gasteiger partial charge on any atom is -0.398 e. The monoisotopic (exact) mass is 214 g/mol. The molecule has 0 amide bonds. The van der Waals surface area contributed by atoms with Crippen LogP contribution in [0.1, 0.15) is 30.1 Å². The summed E-state index contributed by atoms with van der Waals surface area (Å²) in [4.78, 5) is 4.49. The SMILES string of the molecule is Cc1ccc(-c2n[nH]c(C3CC3)n2)cc1N. The van der Waals surface area contributed by atoms with Crippen LogP contribution < -0.4 is 5.73 Å². The molecule has 3 N–H and O–H groups in total. The number of benzene rings is 1. The molecule has 1 fully saturated rings. The standard InChI is InChI=1S/C12H14N4/c1-7-2-3-9(6-10(7)13)12-14-11(15-16-12)8-4-5-8/h2-3,6,8H,4-5,13H2,1H3,(H,14,15,16). The van der Waals surface area contributed by atoms with E-state index in [0.29, 0.717) is 5.92 Å². The van der Waals surface area contributed by atoms with Crippen LogP contribution in [0.3, 0.4) is 0 Å². The fourth-order valence-corrected chi connectivity index (χ4v) is 1.72. The summed E-state index contributed by atoms with van der Waals surface area (Å²) < 4.78 is 0. The lowest BCUT2D eigenvalue weighted by Gasteiger charge is -2.01. The molecule has 0 radical (unpaired) electrons. The third-order valence-corrected chi connectivity index (χ3v) is 3.00. The Kier molecular flexibility index (Phi) is 1.96. The molecule has 82 valence electrons. The first-order chi connectivity index (χ1) is 7.74. The highest BCUT2D eigenvalue weighted by atomic mass is 15.2. The predicted molar refractivity (Wildman–Crippen MR) is 62.9 cm³/mol. The lowest BCUT2D eigenvalue weighted by molar-refractivity contribution is 0.935. The number of hydrogen-bond acceptors (Lipinski definition) is 3. The maximum absolute atomic E-state index is 5.87. The second kappa shape index (κ2) is 3.33. The van der Waals surface area contributed by atoms with E-state index in [0.717, 1.165) is 28.5 Å². The fourth-order valence-electron chi connectivity index (χ4n) is 1.72. The maximum Gasteiger partial charge on any atom is 0.181 e. The summed E-state index contributed by atoms with van der Waals surface area (Å²) >= 11 is 0. The van der Waals surface area contributed by atoms with Crippen molar-refractivity contribution >= 4 is 5.69 Å². The largest absolute Gasteiger partial charge is 0.398 e. The third-order valence-electron chi connectivity index (χ3n) is 3.00. The molecule has 0 bridgehead atoms. The first kappa shape index (κ1) is 9.39. The summed E-state index contributed by atoms with van der Waals surface area (Å²) in [5.74, 6) is 2.35. The van der Waals surface area contributed by atoms with Gasteiger partial charge in [0.25, 0.3) is 0 Å². The zero-order valence-electron chi connectivity index (χ0n) is 9.20. The van der Waals surface area contributed by atoms with Crippen LogP contribution >= 0.6 is 0 Å². The van der Waals surface area contributed by atoms with Crippen LogP contribution in [0, 0.1) is 6.92 Å². The number of nitrogens with one attached hydrogen (secondary N) is 1. The van der Waals surface area contributed by atoms with Gasteiger partial charge >= 0.3 is 0 Å². The van der Waals surface area contributed by atoms with Crippen molar-refractivity contribution in [2.24, 2.45) is 0 Å². The highest BCUT2D eigenvalue weighted by molar-refractivity contribution is 5.63. The minimum absolute atomic E-state index is 0.601. The van der Waals surface area contributed by atoms with Crippen LogP contribution in [0.4, 0.5) is 5.69 Å². The van der Waals surface area contributed by atoms with E-state index in [9.17, 15) is 0 Å². The molecule has 0 saturated heterocycles. The Morgan fingerprint density at radius 2 is 2.19 bits per heavy atom. The molecular weight excluding hydrogens is 200 g/mol. The number of aromatic amines is 1. The van der Waals surface area contributed by atoms with E-state index >= 15 is 0 Å². The van der Waals surface area contributed by atoms with Crippen molar-refractivity contribution < 1.29 is 0 Å². The van der Waals surface area contributed by atoms with Crippen LogP contribution in [0.15, 0.2) is 18.2 Å². The van der Waals surface area contributed by atoms with Gasteiger partial charge in [-0.05, 0) is 31.4 Å². The average molecular weight is 214 g/mol. The fraction of sp³-hybridized carbons (Fsp3) is 0.333. The zero-order valence-corrected chi connectivity index (χ0v) is 9.20. The average Bonchev–Trinajstić information content (AvgIpc) is 3.01. The topological polar surface area (TPSA) is 67.6 Å². The van der Waals surface area contributed by atoms with Gasteiger partial charge in [-0.2, -0.15) is 5.10 Å². The number of nitrogens with zero attached hydrogens (tertiary/aromatic N) is 2. The second-order valence-electron chi connectivity index (χ2n) is 4.39. The molecular formula is C12H14N4. The van der Waals surface area contributed by atoms with E-state index in [2.05, 4.69) is 15.2 Å². The Hall–Kier alpha value is -1.84. The Bertz CT molecular complexity index is 526. The van der Waals surface area contributed by atoms with Gasteiger partial charge in [0.05, 0.1) is 0 Å². The molecule has 1 heterocycles. The summed E-state index contributed by atoms with van der Waals surface area (Å²) in [6.45, 7) is 1.99. The van der Waals surface area contributed by atoms with Gasteiger partial charge in [-0.3, -0.25) is 5.10 Å². The summed E-state index contributed by atoms with van der Waals surface area (Å²) in [7, 11) is 0. The van der Waals surface area contributed by atoms with Crippen molar-refractivity contribution in [3.8, 4) is 11.4 Å². The Labute approximate surface area is 93.9 Å². The Morgan fingerprint density at radius 3 is 2.88 bits per heavy atom. The van der Waals surface area contributed by atoms with E-state index in [4.69, 9.17) is 5.73 Å². The number of hydrogen-bond donors (Lipinski definition) is 2. The van der Waals surface area contributed by atoms with Gasteiger partial charge in [-0.15, -0.1) is 0 Å². The zero-order chi connectivity index (χ0) is 11.1. The number of aromatic nitrogens is 3. The van der Waals surface area contributed by atoms with E-state index in [1.807, 2.05) is 25.1 Å². The van der Waals surface area contributed by atoms with Gasteiger partial charge in [0, 0.05) is 17.2 Å². The molecule has 4 nitrogen and oxygen atoms in total. The molecule has 1 aromatic heterocycles. The van der Waals surface area contributed by atoms with Crippen LogP contribution in [-0.2, 0) is 0 Å². The van der Waals surface area contributed by atoms with Gasteiger partial charge in [0.15, 0.2) is 5.82 Å². The molecule has 1 saturated carbocycles. The van der Waals surface area contributed by atoms with Crippen molar-refractivity contribution in [3.05, 3.63) is 29.6 Å². The van der Waals surface area contributed by atoms with Crippen molar-refractivity contribution in [3.63, 3.8) is 0 Å². The molecule has 0 atom stereocenters. The van der Waals surface area contributed by atoms with Gasteiger partial charge in [-0.1, -0.05) is 12.1 Å². The first-order valence-corrected chi connectivity index (χ1v) is 5.53. The molecule has 0 aliphatic heterocycles. The summed E-state index contributed by atoms with van der Waals surface area (Å²) in [6, 6.07) is 5.93. The Balaban J connectivity index is 1.97. The third kappa shape index (κ3) is 1.56. The van der Waals surface area contributed by atoms with Crippen LogP contribution in [0.2, 0.25) is 0 Å². The summed E-state index contributed by atoms with van der Waals surface area (Å²) in [6.07, 6.45) is 2.45. The van der Waals surface area contributed by atoms with Crippen molar-refractivity contribution in [2.75, 3.05) is 5.73 Å². The molecule has 1 aromatic carbocycles. The quantitative estimate of drug-likeness (QED) is 0.753. The van der Waals surface area contributed by atoms with Crippen molar-refractivity contribution in [2.45, 2.75) is 25.7 Å². The second-order valence-corrected chi connectivity index (χ2v) is 4.39.